The van der Waals surface area contributed by atoms with Gasteiger partial charge in [0.1, 0.15) is 29.3 Å². The van der Waals surface area contributed by atoms with Crippen LogP contribution in [0.25, 0.3) is 0 Å². The highest BCUT2D eigenvalue weighted by Crippen LogP contribution is 2.41. The van der Waals surface area contributed by atoms with Crippen molar-refractivity contribution in [3.63, 3.8) is 0 Å². The predicted octanol–water partition coefficient (Wildman–Crippen LogP) is 3.17. The highest BCUT2D eigenvalue weighted by atomic mass is 15.2. The molecule has 3 rings (SSSR count). The van der Waals surface area contributed by atoms with Gasteiger partial charge in [-0.05, 0) is 23.0 Å². The van der Waals surface area contributed by atoms with Crippen LogP contribution in [0.1, 0.15) is 56.0 Å². The van der Waals surface area contributed by atoms with Crippen molar-refractivity contribution < 1.29 is 0 Å². The molecule has 0 spiro atoms. The van der Waals surface area contributed by atoms with Gasteiger partial charge in [-0.1, -0.05) is 52.0 Å². The number of aromatic nitrogens is 1. The number of nitrogens with one attached hydrogen (secondary N) is 2. The molecule has 1 unspecified atom stereocenters. The molecular formula is C24H31N9. The van der Waals surface area contributed by atoms with Gasteiger partial charge in [0.15, 0.2) is 6.19 Å². The number of nitriles is 2. The fraction of sp³-hybridized carbons (Fsp3) is 0.417. The molecule has 33 heavy (non-hydrogen) atoms. The van der Waals surface area contributed by atoms with Crippen LogP contribution in [0.3, 0.4) is 0 Å². The minimum atomic E-state index is -0.548. The zero-order valence-electron chi connectivity index (χ0n) is 19.6. The highest BCUT2D eigenvalue weighted by molar-refractivity contribution is 5.98. The number of hydrogen-bond donors (Lipinski definition) is 4. The van der Waals surface area contributed by atoms with Crippen molar-refractivity contribution in [3.8, 4) is 12.3 Å². The lowest BCUT2D eigenvalue weighted by Crippen LogP contribution is -2.34. The molecule has 9 heteroatoms. The van der Waals surface area contributed by atoms with Crippen molar-refractivity contribution in [1.82, 2.24) is 15.2 Å². The lowest BCUT2D eigenvalue weighted by Gasteiger charge is -2.30. The van der Waals surface area contributed by atoms with Gasteiger partial charge >= 0.3 is 0 Å². The third-order valence-electron chi connectivity index (χ3n) is 5.35. The number of pyridine rings is 1. The molecule has 172 valence electrons. The molecule has 9 nitrogen and oxygen atoms in total. The Kier molecular flexibility index (Phi) is 7.37. The molecule has 0 bridgehead atoms. The van der Waals surface area contributed by atoms with Gasteiger partial charge in [-0.25, -0.2) is 9.98 Å². The van der Waals surface area contributed by atoms with E-state index in [1.807, 2.05) is 30.5 Å². The first-order valence-corrected chi connectivity index (χ1v) is 11.0. The number of hydrogen-bond acceptors (Lipinski definition) is 9. The van der Waals surface area contributed by atoms with Gasteiger partial charge in [-0.3, -0.25) is 10.2 Å². The molecule has 0 fully saturated rings. The first-order chi connectivity index (χ1) is 15.7. The molecule has 1 aliphatic heterocycles. The summed E-state index contributed by atoms with van der Waals surface area (Å²) in [7, 11) is 0. The van der Waals surface area contributed by atoms with Crippen LogP contribution in [-0.4, -0.2) is 28.9 Å². The quantitative estimate of drug-likeness (QED) is 0.374. The molecular weight excluding hydrogens is 414 g/mol. The minimum Gasteiger partial charge on any atom is -0.397 e. The number of fused-ring (bicyclic) bond motifs is 1. The van der Waals surface area contributed by atoms with Gasteiger partial charge in [0.05, 0.1) is 5.69 Å². The SMILES string of the molecule is CC(C)CN(Cc1ccccc1C1N=C(NC#N)Nc2nc(N)c(C#N)c(N)c21)CC(C)C. The first kappa shape index (κ1) is 23.8. The Morgan fingerprint density at radius 1 is 1.12 bits per heavy atom. The lowest BCUT2D eigenvalue weighted by molar-refractivity contribution is 0.211. The van der Waals surface area contributed by atoms with Crippen LogP contribution in [-0.2, 0) is 6.54 Å². The van der Waals surface area contributed by atoms with Crippen molar-refractivity contribution in [1.29, 1.82) is 10.5 Å². The van der Waals surface area contributed by atoms with Gasteiger partial charge in [-0.15, -0.1) is 0 Å². The van der Waals surface area contributed by atoms with Crippen molar-refractivity contribution in [3.05, 3.63) is 46.5 Å². The monoisotopic (exact) mass is 445 g/mol. The average Bonchev–Trinajstić information content (AvgIpc) is 2.73. The number of aliphatic imine (C=N–C) groups is 1. The van der Waals surface area contributed by atoms with Gasteiger partial charge in [0, 0.05) is 25.2 Å². The molecule has 1 aromatic carbocycles. The van der Waals surface area contributed by atoms with Gasteiger partial charge in [0.2, 0.25) is 5.96 Å². The van der Waals surface area contributed by atoms with E-state index in [1.54, 1.807) is 0 Å². The number of nitrogen functional groups attached to an aromatic ring is 2. The smallest absolute Gasteiger partial charge is 0.211 e. The summed E-state index contributed by atoms with van der Waals surface area (Å²) in [6.07, 6.45) is 1.89. The third-order valence-corrected chi connectivity index (χ3v) is 5.35. The number of rotatable bonds is 7. The second kappa shape index (κ2) is 10.2. The number of nitrogens with zero attached hydrogens (tertiary/aromatic N) is 5. The van der Waals surface area contributed by atoms with E-state index < -0.39 is 6.04 Å². The number of benzene rings is 1. The standard InChI is InChI=1S/C24H31N9/c1-14(2)10-33(11-15(3)4)12-16-7-5-6-8-17(16)21-19-20(27)18(9-25)22(28)31-23(19)32-24(30-21)29-13-26/h5-8,14-15,21H,10-12H2,1-4H3,(H6,27,28,29,30,31,32). The Labute approximate surface area is 195 Å². The Hall–Kier alpha value is -3.82. The first-order valence-electron chi connectivity index (χ1n) is 11.0. The van der Waals surface area contributed by atoms with Gasteiger partial charge in [-0.2, -0.15) is 10.5 Å². The van der Waals surface area contributed by atoms with Crippen LogP contribution in [0.5, 0.6) is 0 Å². The Bertz CT molecular complexity index is 1110. The third kappa shape index (κ3) is 5.33. The van der Waals surface area contributed by atoms with Crippen LogP contribution < -0.4 is 22.1 Å². The number of anilines is 3. The summed E-state index contributed by atoms with van der Waals surface area (Å²) >= 11 is 0. The van der Waals surface area contributed by atoms with Crippen LogP contribution in [0.2, 0.25) is 0 Å². The summed E-state index contributed by atoms with van der Waals surface area (Å²) in [5.41, 5.74) is 15.4. The van der Waals surface area contributed by atoms with Crippen molar-refractivity contribution in [2.24, 2.45) is 16.8 Å². The van der Waals surface area contributed by atoms with Crippen LogP contribution in [0, 0.1) is 34.6 Å². The summed E-state index contributed by atoms with van der Waals surface area (Å²) in [6, 6.07) is 9.55. The average molecular weight is 446 g/mol. The number of nitrogens with two attached hydrogens (primary N) is 2. The highest BCUT2D eigenvalue weighted by Gasteiger charge is 2.31. The fourth-order valence-electron chi connectivity index (χ4n) is 4.23. The van der Waals surface area contributed by atoms with E-state index in [4.69, 9.17) is 21.7 Å². The molecule has 2 aromatic rings. The lowest BCUT2D eigenvalue weighted by atomic mass is 9.91. The van der Waals surface area contributed by atoms with Gasteiger partial charge < -0.3 is 16.8 Å². The van der Waals surface area contributed by atoms with E-state index in [1.165, 1.54) is 0 Å². The van der Waals surface area contributed by atoms with E-state index in [0.29, 0.717) is 23.2 Å². The second-order valence-electron chi connectivity index (χ2n) is 9.08. The summed E-state index contributed by atoms with van der Waals surface area (Å²) in [6.45, 7) is 11.5. The van der Waals surface area contributed by atoms with Crippen LogP contribution in [0.4, 0.5) is 17.3 Å². The van der Waals surface area contributed by atoms with E-state index in [9.17, 15) is 5.26 Å². The molecule has 2 heterocycles. The molecule has 0 amide bonds. The maximum absolute atomic E-state index is 9.57. The maximum Gasteiger partial charge on any atom is 0.211 e. The van der Waals surface area contributed by atoms with E-state index in [0.717, 1.165) is 30.8 Å². The summed E-state index contributed by atoms with van der Waals surface area (Å²) in [5.74, 6) is 1.73. The Morgan fingerprint density at radius 3 is 2.39 bits per heavy atom. The molecule has 0 radical (unpaired) electrons. The second-order valence-corrected chi connectivity index (χ2v) is 9.08. The molecule has 0 aliphatic carbocycles. The Morgan fingerprint density at radius 2 is 1.79 bits per heavy atom. The van der Waals surface area contributed by atoms with Crippen molar-refractivity contribution in [2.75, 3.05) is 29.9 Å². The number of guanidine groups is 1. The maximum atomic E-state index is 9.57. The molecule has 1 atom stereocenters. The van der Waals surface area contributed by atoms with Crippen molar-refractivity contribution in [2.45, 2.75) is 40.3 Å². The minimum absolute atomic E-state index is 0.0338. The molecule has 0 saturated heterocycles. The zero-order valence-corrected chi connectivity index (χ0v) is 19.6. The summed E-state index contributed by atoms with van der Waals surface area (Å²) < 4.78 is 0. The van der Waals surface area contributed by atoms with E-state index in [2.05, 4.69) is 54.3 Å². The Balaban J connectivity index is 2.13. The normalized spacial score (nSPS) is 14.9. The van der Waals surface area contributed by atoms with Crippen LogP contribution in [0.15, 0.2) is 29.3 Å². The van der Waals surface area contributed by atoms with Crippen molar-refractivity contribution >= 4 is 23.3 Å². The van der Waals surface area contributed by atoms with E-state index >= 15 is 0 Å². The topological polar surface area (TPSA) is 152 Å². The van der Waals surface area contributed by atoms with Gasteiger partial charge in [0.25, 0.3) is 0 Å². The van der Waals surface area contributed by atoms with Crippen LogP contribution >= 0.6 is 0 Å². The molecule has 1 aliphatic rings. The molecule has 6 N–H and O–H groups in total. The zero-order chi connectivity index (χ0) is 24.1. The fourth-order valence-corrected chi connectivity index (χ4v) is 4.23. The predicted molar refractivity (Wildman–Crippen MR) is 131 cm³/mol. The largest absolute Gasteiger partial charge is 0.397 e. The van der Waals surface area contributed by atoms with E-state index in [-0.39, 0.29) is 23.0 Å². The molecule has 1 aromatic heterocycles. The summed E-state index contributed by atoms with van der Waals surface area (Å²) in [4.78, 5) is 11.5. The summed E-state index contributed by atoms with van der Waals surface area (Å²) in [5, 5.41) is 24.2. The molecule has 0 saturated carbocycles.